The lowest BCUT2D eigenvalue weighted by atomic mass is 10.1. The first-order chi connectivity index (χ1) is 26.1. The number of carbonyl (C=O) groups is 1. The second kappa shape index (κ2) is 37.8. The zero-order valence-corrected chi connectivity index (χ0v) is 36.1. The van der Waals surface area contributed by atoms with E-state index in [9.17, 15) is 14.3 Å². The molecule has 0 amide bonds. The highest BCUT2D eigenvalue weighted by Gasteiger charge is 2.26. The van der Waals surface area contributed by atoms with E-state index >= 15 is 0 Å². The van der Waals surface area contributed by atoms with Gasteiger partial charge in [0.15, 0.2) is 0 Å². The average Bonchev–Trinajstić information content (AvgIpc) is 3.12. The molecule has 0 saturated heterocycles. The number of hydrogen-bond acceptors (Lipinski definition) is 6. The van der Waals surface area contributed by atoms with Gasteiger partial charge >= 0.3 is 13.8 Å². The van der Waals surface area contributed by atoms with Crippen molar-refractivity contribution in [3.8, 4) is 0 Å². The van der Waals surface area contributed by atoms with Crippen molar-refractivity contribution in [1.82, 2.24) is 0 Å². The maximum Gasteiger partial charge on any atom is 0.472 e. The summed E-state index contributed by atoms with van der Waals surface area (Å²) in [6.45, 7) is 5.37. The summed E-state index contributed by atoms with van der Waals surface area (Å²) in [7, 11) is 1.64. The number of allylic oxidation sites excluding steroid dienone is 12. The van der Waals surface area contributed by atoms with Crippen LogP contribution in [0.4, 0.5) is 0 Å². The highest BCUT2D eigenvalue weighted by atomic mass is 31.2. The van der Waals surface area contributed by atoms with E-state index in [1.54, 1.807) is 0 Å². The van der Waals surface area contributed by atoms with Crippen LogP contribution < -0.4 is 0 Å². The molecule has 0 fully saturated rings. The molecular formula is C45H81NO7P+. The summed E-state index contributed by atoms with van der Waals surface area (Å²) in [5.41, 5.74) is 0. The van der Waals surface area contributed by atoms with Gasteiger partial charge in [0.2, 0.25) is 0 Å². The Balaban J connectivity index is 4.23. The highest BCUT2D eigenvalue weighted by Crippen LogP contribution is 2.43. The fraction of sp³-hybridized carbons (Fsp3) is 0.711. The van der Waals surface area contributed by atoms with Crippen LogP contribution in [0, 0.1) is 0 Å². The Morgan fingerprint density at radius 3 is 1.63 bits per heavy atom. The Labute approximate surface area is 332 Å². The minimum atomic E-state index is -4.28. The third-order valence-corrected chi connectivity index (χ3v) is 9.47. The van der Waals surface area contributed by atoms with E-state index in [-0.39, 0.29) is 25.8 Å². The van der Waals surface area contributed by atoms with Crippen molar-refractivity contribution in [3.63, 3.8) is 0 Å². The van der Waals surface area contributed by atoms with Crippen LogP contribution in [0.25, 0.3) is 0 Å². The van der Waals surface area contributed by atoms with Crippen molar-refractivity contribution >= 4 is 13.8 Å². The molecule has 0 saturated carbocycles. The third-order valence-electron chi connectivity index (χ3n) is 8.48. The van der Waals surface area contributed by atoms with Crippen LogP contribution in [-0.2, 0) is 27.9 Å². The van der Waals surface area contributed by atoms with E-state index in [2.05, 4.69) is 86.8 Å². The molecule has 0 aromatic heterocycles. The van der Waals surface area contributed by atoms with Crippen molar-refractivity contribution in [3.05, 3.63) is 72.9 Å². The number of likely N-dealkylation sites (N-methyl/N-ethyl adjacent to an activating group) is 1. The predicted octanol–water partition coefficient (Wildman–Crippen LogP) is 12.3. The zero-order valence-electron chi connectivity index (χ0n) is 35.2. The fourth-order valence-electron chi connectivity index (χ4n) is 5.23. The Morgan fingerprint density at radius 1 is 0.593 bits per heavy atom. The minimum Gasteiger partial charge on any atom is -0.457 e. The summed E-state index contributed by atoms with van der Waals surface area (Å²) in [6, 6.07) is 0. The molecule has 0 aromatic carbocycles. The van der Waals surface area contributed by atoms with Crippen molar-refractivity contribution in [2.45, 2.75) is 155 Å². The number of unbranched alkanes of at least 4 members (excludes halogenated alkanes) is 12. The largest absolute Gasteiger partial charge is 0.472 e. The number of quaternary nitrogens is 1. The number of carbonyl (C=O) groups excluding carboxylic acids is 1. The Hall–Kier alpha value is -2.06. The van der Waals surface area contributed by atoms with E-state index in [1.807, 2.05) is 21.1 Å². The molecule has 0 radical (unpaired) electrons. The molecule has 54 heavy (non-hydrogen) atoms. The van der Waals surface area contributed by atoms with Crippen LogP contribution in [0.3, 0.4) is 0 Å². The molecule has 0 aliphatic carbocycles. The summed E-state index contributed by atoms with van der Waals surface area (Å²) in [4.78, 5) is 22.8. The SMILES string of the molecule is CC/C=C\C/C=C\C/C=C\C/C=C\C/C=C\CCCCCCCCOCC(COP(=O)(O)OCC[N+](C)(C)C)OC(=O)CCCCCCC/C=C\CCC. The highest BCUT2D eigenvalue weighted by molar-refractivity contribution is 7.47. The second-order valence-corrected chi connectivity index (χ2v) is 16.4. The molecule has 0 bridgehead atoms. The number of ether oxygens (including phenoxy) is 2. The smallest absolute Gasteiger partial charge is 0.457 e. The van der Waals surface area contributed by atoms with Crippen LogP contribution >= 0.6 is 7.82 Å². The van der Waals surface area contributed by atoms with Gasteiger partial charge in [0.05, 0.1) is 34.4 Å². The number of esters is 1. The van der Waals surface area contributed by atoms with Gasteiger partial charge in [0.25, 0.3) is 0 Å². The van der Waals surface area contributed by atoms with Crippen molar-refractivity contribution in [2.24, 2.45) is 0 Å². The number of phosphoric acid groups is 1. The van der Waals surface area contributed by atoms with Gasteiger partial charge in [-0.2, -0.15) is 0 Å². The first-order valence-electron chi connectivity index (χ1n) is 21.2. The normalized spacial score (nSPS) is 14.6. The van der Waals surface area contributed by atoms with E-state index in [4.69, 9.17) is 18.5 Å². The molecule has 0 heterocycles. The first-order valence-corrected chi connectivity index (χ1v) is 22.7. The fourth-order valence-corrected chi connectivity index (χ4v) is 5.97. The molecule has 0 spiro atoms. The number of hydrogen-bond donors (Lipinski definition) is 1. The molecule has 2 atom stereocenters. The van der Waals surface area contributed by atoms with Gasteiger partial charge in [-0.05, 0) is 77.0 Å². The topological polar surface area (TPSA) is 91.3 Å². The molecule has 0 aliphatic rings. The third kappa shape index (κ3) is 41.1. The van der Waals surface area contributed by atoms with E-state index in [0.29, 0.717) is 24.1 Å². The summed E-state index contributed by atoms with van der Waals surface area (Å²) >= 11 is 0. The Kier molecular flexibility index (Phi) is 36.4. The zero-order chi connectivity index (χ0) is 39.9. The van der Waals surface area contributed by atoms with Crippen LogP contribution in [0.2, 0.25) is 0 Å². The van der Waals surface area contributed by atoms with Crippen LogP contribution in [0.15, 0.2) is 72.9 Å². The molecule has 8 nitrogen and oxygen atoms in total. The second-order valence-electron chi connectivity index (χ2n) is 15.0. The number of nitrogens with zero attached hydrogens (tertiary/aromatic N) is 1. The quantitative estimate of drug-likeness (QED) is 0.0219. The maximum atomic E-state index is 12.6. The number of phosphoric ester groups is 1. The van der Waals surface area contributed by atoms with Gasteiger partial charge in [-0.25, -0.2) is 4.57 Å². The molecule has 0 aromatic rings. The van der Waals surface area contributed by atoms with Gasteiger partial charge in [0, 0.05) is 13.0 Å². The summed E-state index contributed by atoms with van der Waals surface area (Å²) < 4.78 is 34.9. The van der Waals surface area contributed by atoms with Gasteiger partial charge in [-0.3, -0.25) is 13.8 Å². The van der Waals surface area contributed by atoms with E-state index < -0.39 is 13.9 Å². The minimum absolute atomic E-state index is 0.0800. The lowest BCUT2D eigenvalue weighted by molar-refractivity contribution is -0.870. The van der Waals surface area contributed by atoms with Crippen molar-refractivity contribution in [2.75, 3.05) is 54.1 Å². The van der Waals surface area contributed by atoms with E-state index in [1.165, 1.54) is 32.1 Å². The van der Waals surface area contributed by atoms with Crippen molar-refractivity contribution < 1.29 is 37.3 Å². The lowest BCUT2D eigenvalue weighted by Crippen LogP contribution is -2.37. The maximum absolute atomic E-state index is 12.6. The average molecular weight is 779 g/mol. The molecule has 2 unspecified atom stereocenters. The standard InChI is InChI=1S/C45H80NO7P/c1-6-8-10-12-14-16-18-19-20-21-22-23-24-25-26-27-28-29-31-33-35-37-40-50-42-44(43-52-54(48,49)51-41-39-46(3,4)5)53-45(47)38-36-34-32-30-17-15-13-11-9-7-2/h8,10-11,13-14,16,19-20,22-23,25-26,44H,6-7,9,12,15,17-18,21,24,27-43H2,1-5H3/p+1/b10-8-,13-11-,16-14-,20-19-,23-22-,26-25-. The van der Waals surface area contributed by atoms with Gasteiger partial charge < -0.3 is 18.9 Å². The molecule has 9 heteroatoms. The predicted molar refractivity (Wildman–Crippen MR) is 228 cm³/mol. The molecule has 1 N–H and O–H groups in total. The molecule has 0 aliphatic heterocycles. The monoisotopic (exact) mass is 779 g/mol. The van der Waals surface area contributed by atoms with Crippen LogP contribution in [0.5, 0.6) is 0 Å². The van der Waals surface area contributed by atoms with Gasteiger partial charge in [0.1, 0.15) is 19.3 Å². The summed E-state index contributed by atoms with van der Waals surface area (Å²) in [5.74, 6) is -0.335. The van der Waals surface area contributed by atoms with Crippen LogP contribution in [-0.4, -0.2) is 75.6 Å². The lowest BCUT2D eigenvalue weighted by Gasteiger charge is -2.24. The first kappa shape index (κ1) is 51.9. The Morgan fingerprint density at radius 2 is 1.07 bits per heavy atom. The van der Waals surface area contributed by atoms with Gasteiger partial charge in [-0.1, -0.05) is 138 Å². The van der Waals surface area contributed by atoms with Crippen molar-refractivity contribution in [1.29, 1.82) is 0 Å². The van der Waals surface area contributed by atoms with E-state index in [0.717, 1.165) is 96.3 Å². The Bertz CT molecular complexity index is 1090. The van der Waals surface area contributed by atoms with Crippen LogP contribution in [0.1, 0.15) is 149 Å². The molecule has 0 rings (SSSR count). The molecular weight excluding hydrogens is 697 g/mol. The molecule has 312 valence electrons. The summed E-state index contributed by atoms with van der Waals surface area (Å²) in [5, 5.41) is 0. The number of rotatable bonds is 38. The van der Waals surface area contributed by atoms with Gasteiger partial charge in [-0.15, -0.1) is 0 Å². The summed E-state index contributed by atoms with van der Waals surface area (Å²) in [6.07, 6.45) is 48.0.